The van der Waals surface area contributed by atoms with E-state index in [9.17, 15) is 0 Å². The van der Waals surface area contributed by atoms with E-state index >= 15 is 0 Å². The van der Waals surface area contributed by atoms with Crippen molar-refractivity contribution in [1.29, 1.82) is 0 Å². The van der Waals surface area contributed by atoms with Crippen LogP contribution < -0.4 is 0 Å². The van der Waals surface area contributed by atoms with E-state index in [1.807, 2.05) is 0 Å². The molecule has 0 aromatic carbocycles. The average molecular weight is 173 g/mol. The molecule has 1 atom stereocenters. The standard InChI is InChI=1S/C9H19NS/c1-6-10(7-11)8(2)9(3,4)5/h7-8H,6H2,1-5H3. The predicted molar refractivity (Wildman–Crippen MR) is 55.0 cm³/mol. The lowest BCUT2D eigenvalue weighted by atomic mass is 9.87. The molecule has 0 spiro atoms. The predicted octanol–water partition coefficient (Wildman–Crippen LogP) is 2.70. The smallest absolute Gasteiger partial charge is 0.0643 e. The Balaban J connectivity index is 4.20. The number of thiocarbonyl (C=S) groups is 1. The maximum Gasteiger partial charge on any atom is 0.0643 e. The summed E-state index contributed by atoms with van der Waals surface area (Å²) >= 11 is 4.92. The number of rotatable bonds is 3. The number of hydrogen-bond acceptors (Lipinski definition) is 1. The first-order valence-electron chi connectivity index (χ1n) is 4.14. The van der Waals surface area contributed by atoms with E-state index in [0.29, 0.717) is 11.5 Å². The molecule has 0 bridgehead atoms. The van der Waals surface area contributed by atoms with Crippen LogP contribution in [0.1, 0.15) is 34.6 Å². The minimum atomic E-state index is 0.311. The summed E-state index contributed by atoms with van der Waals surface area (Å²) in [7, 11) is 0. The molecule has 1 nitrogen and oxygen atoms in total. The van der Waals surface area contributed by atoms with Crippen LogP contribution in [0.25, 0.3) is 0 Å². The third kappa shape index (κ3) is 3.19. The molecule has 0 saturated carbocycles. The van der Waals surface area contributed by atoms with Crippen molar-refractivity contribution < 1.29 is 0 Å². The van der Waals surface area contributed by atoms with Crippen LogP contribution in [0.5, 0.6) is 0 Å². The van der Waals surface area contributed by atoms with Crippen LogP contribution in [0, 0.1) is 5.41 Å². The maximum atomic E-state index is 4.92. The fourth-order valence-electron chi connectivity index (χ4n) is 0.937. The van der Waals surface area contributed by atoms with Crippen molar-refractivity contribution in [2.45, 2.75) is 40.7 Å². The van der Waals surface area contributed by atoms with Gasteiger partial charge >= 0.3 is 0 Å². The van der Waals surface area contributed by atoms with Gasteiger partial charge < -0.3 is 4.90 Å². The van der Waals surface area contributed by atoms with E-state index in [-0.39, 0.29) is 0 Å². The highest BCUT2D eigenvalue weighted by molar-refractivity contribution is 7.78. The molecule has 0 aliphatic carbocycles. The lowest BCUT2D eigenvalue weighted by molar-refractivity contribution is 0.196. The van der Waals surface area contributed by atoms with E-state index in [1.165, 1.54) is 0 Å². The average Bonchev–Trinajstić information content (AvgIpc) is 1.88. The topological polar surface area (TPSA) is 3.24 Å². The van der Waals surface area contributed by atoms with Gasteiger partial charge in [-0.25, -0.2) is 0 Å². The molecule has 0 heterocycles. The first-order valence-corrected chi connectivity index (χ1v) is 4.61. The molecule has 0 N–H and O–H groups in total. The van der Waals surface area contributed by atoms with Gasteiger partial charge in [-0.3, -0.25) is 0 Å². The molecule has 0 aromatic rings. The fraction of sp³-hybridized carbons (Fsp3) is 0.889. The van der Waals surface area contributed by atoms with E-state index in [4.69, 9.17) is 12.2 Å². The quantitative estimate of drug-likeness (QED) is 0.604. The highest BCUT2D eigenvalue weighted by atomic mass is 32.1. The van der Waals surface area contributed by atoms with Gasteiger partial charge in [0.15, 0.2) is 0 Å². The van der Waals surface area contributed by atoms with Gasteiger partial charge in [-0.15, -0.1) is 0 Å². The van der Waals surface area contributed by atoms with Crippen LogP contribution in [0.3, 0.4) is 0 Å². The third-order valence-electron chi connectivity index (χ3n) is 2.25. The van der Waals surface area contributed by atoms with Crippen LogP contribution >= 0.6 is 12.2 Å². The molecule has 0 rings (SSSR count). The van der Waals surface area contributed by atoms with E-state index < -0.39 is 0 Å². The van der Waals surface area contributed by atoms with Gasteiger partial charge in [0.2, 0.25) is 0 Å². The van der Waals surface area contributed by atoms with Crippen LogP contribution in [0.15, 0.2) is 0 Å². The second kappa shape index (κ2) is 4.05. The van der Waals surface area contributed by atoms with Crippen molar-refractivity contribution in [2.24, 2.45) is 5.41 Å². The van der Waals surface area contributed by atoms with Crippen molar-refractivity contribution in [3.05, 3.63) is 0 Å². The van der Waals surface area contributed by atoms with E-state index in [0.717, 1.165) is 6.54 Å². The van der Waals surface area contributed by atoms with Gasteiger partial charge in [-0.1, -0.05) is 33.0 Å². The molecule has 0 amide bonds. The first kappa shape index (κ1) is 10.9. The molecule has 0 radical (unpaired) electrons. The molecule has 1 unspecified atom stereocenters. The summed E-state index contributed by atoms with van der Waals surface area (Å²) in [5, 5.41) is 0. The Labute approximate surface area is 75.8 Å². The molecular weight excluding hydrogens is 154 g/mol. The molecule has 0 fully saturated rings. The summed E-state index contributed by atoms with van der Waals surface area (Å²) in [4.78, 5) is 2.19. The van der Waals surface area contributed by atoms with Crippen LogP contribution in [0.2, 0.25) is 0 Å². The molecule has 0 saturated heterocycles. The second-order valence-corrected chi connectivity index (χ2v) is 4.19. The minimum absolute atomic E-state index is 0.311. The summed E-state index contributed by atoms with van der Waals surface area (Å²) in [6.07, 6.45) is 0. The van der Waals surface area contributed by atoms with Gasteiger partial charge in [0.25, 0.3) is 0 Å². The van der Waals surface area contributed by atoms with Crippen molar-refractivity contribution in [3.63, 3.8) is 0 Å². The first-order chi connectivity index (χ1) is 4.93. The zero-order valence-electron chi connectivity index (χ0n) is 8.22. The molecule has 0 aromatic heterocycles. The summed E-state index contributed by atoms with van der Waals surface area (Å²) in [6.45, 7) is 12.1. The molecule has 66 valence electrons. The van der Waals surface area contributed by atoms with Gasteiger partial charge in [0.1, 0.15) is 0 Å². The van der Waals surface area contributed by atoms with Crippen molar-refractivity contribution in [1.82, 2.24) is 4.90 Å². The second-order valence-electron chi connectivity index (χ2n) is 3.98. The minimum Gasteiger partial charge on any atom is -0.366 e. The van der Waals surface area contributed by atoms with Crippen LogP contribution in [-0.4, -0.2) is 23.0 Å². The Kier molecular flexibility index (Phi) is 4.01. The SMILES string of the molecule is CCN(C=S)C(C)C(C)(C)C. The lowest BCUT2D eigenvalue weighted by Gasteiger charge is -2.35. The number of hydrogen-bond donors (Lipinski definition) is 0. The number of nitrogens with zero attached hydrogens (tertiary/aromatic N) is 1. The van der Waals surface area contributed by atoms with E-state index in [1.54, 1.807) is 5.49 Å². The molecule has 0 aliphatic heterocycles. The van der Waals surface area contributed by atoms with Crippen molar-refractivity contribution in [2.75, 3.05) is 6.54 Å². The maximum absolute atomic E-state index is 4.92. The Morgan fingerprint density at radius 3 is 2.00 bits per heavy atom. The Bertz CT molecular complexity index is 126. The molecule has 0 aliphatic rings. The normalized spacial score (nSPS) is 14.3. The van der Waals surface area contributed by atoms with Crippen LogP contribution in [-0.2, 0) is 0 Å². The largest absolute Gasteiger partial charge is 0.366 e. The Hall–Kier alpha value is -0.110. The summed E-state index contributed by atoms with van der Waals surface area (Å²) in [5.74, 6) is 0. The Morgan fingerprint density at radius 1 is 1.45 bits per heavy atom. The van der Waals surface area contributed by atoms with Crippen molar-refractivity contribution >= 4 is 17.7 Å². The molecule has 2 heteroatoms. The van der Waals surface area contributed by atoms with Crippen LogP contribution in [0.4, 0.5) is 0 Å². The highest BCUT2D eigenvalue weighted by Crippen LogP contribution is 2.22. The van der Waals surface area contributed by atoms with Gasteiger partial charge in [-0.2, -0.15) is 0 Å². The lowest BCUT2D eigenvalue weighted by Crippen LogP contribution is -2.40. The van der Waals surface area contributed by atoms with Crippen molar-refractivity contribution in [3.8, 4) is 0 Å². The molecule has 11 heavy (non-hydrogen) atoms. The zero-order chi connectivity index (χ0) is 9.07. The highest BCUT2D eigenvalue weighted by Gasteiger charge is 2.23. The zero-order valence-corrected chi connectivity index (χ0v) is 9.03. The van der Waals surface area contributed by atoms with Gasteiger partial charge in [0.05, 0.1) is 5.49 Å². The summed E-state index contributed by atoms with van der Waals surface area (Å²) in [5.41, 5.74) is 2.07. The van der Waals surface area contributed by atoms with Gasteiger partial charge in [-0.05, 0) is 19.3 Å². The summed E-state index contributed by atoms with van der Waals surface area (Å²) < 4.78 is 0. The third-order valence-corrected chi connectivity index (χ3v) is 2.52. The summed E-state index contributed by atoms with van der Waals surface area (Å²) in [6, 6.07) is 0.519. The van der Waals surface area contributed by atoms with E-state index in [2.05, 4.69) is 39.5 Å². The fourth-order valence-corrected chi connectivity index (χ4v) is 1.27. The molecular formula is C9H19NS. The Morgan fingerprint density at radius 2 is 1.91 bits per heavy atom. The van der Waals surface area contributed by atoms with Gasteiger partial charge in [0, 0.05) is 12.6 Å². The monoisotopic (exact) mass is 173 g/mol.